The minimum atomic E-state index is -1.27. The standard InChI is InChI=1S/C11H18O4.CH2O/c1-6-15-10(14)8(7(2)12)9(13)11(3,4)5;1-2/h8H,6H2,1-5H3;1H2. The summed E-state index contributed by atoms with van der Waals surface area (Å²) in [5, 5.41) is 0. The summed E-state index contributed by atoms with van der Waals surface area (Å²) < 4.78 is 4.70. The first-order chi connectivity index (χ1) is 7.71. The summed E-state index contributed by atoms with van der Waals surface area (Å²) in [4.78, 5) is 42.4. The molecule has 0 aliphatic carbocycles. The molecule has 5 nitrogen and oxygen atoms in total. The average molecular weight is 244 g/mol. The van der Waals surface area contributed by atoms with Crippen molar-refractivity contribution >= 4 is 24.3 Å². The zero-order valence-electron chi connectivity index (χ0n) is 11.0. The molecule has 1 unspecified atom stereocenters. The molecule has 0 heterocycles. The Morgan fingerprint density at radius 1 is 1.18 bits per heavy atom. The Morgan fingerprint density at radius 3 is 1.82 bits per heavy atom. The van der Waals surface area contributed by atoms with E-state index in [9.17, 15) is 14.4 Å². The molecule has 1 atom stereocenters. The maximum atomic E-state index is 11.8. The van der Waals surface area contributed by atoms with Crippen molar-refractivity contribution < 1.29 is 23.9 Å². The first-order valence-electron chi connectivity index (χ1n) is 5.22. The molecule has 5 heteroatoms. The van der Waals surface area contributed by atoms with Gasteiger partial charge in [0.1, 0.15) is 6.79 Å². The Kier molecular flexibility index (Phi) is 8.10. The molecule has 0 rings (SSSR count). The van der Waals surface area contributed by atoms with Crippen LogP contribution in [0.2, 0.25) is 0 Å². The molecule has 0 aromatic rings. The molecule has 0 fully saturated rings. The molecule has 0 spiro atoms. The Hall–Kier alpha value is -1.52. The Labute approximate surface area is 102 Å². The predicted octanol–water partition coefficient (Wildman–Crippen LogP) is 1.18. The molecule has 0 saturated heterocycles. The lowest BCUT2D eigenvalue weighted by atomic mass is 9.81. The van der Waals surface area contributed by atoms with Crippen LogP contribution in [0.4, 0.5) is 0 Å². The van der Waals surface area contributed by atoms with Gasteiger partial charge in [-0.1, -0.05) is 20.8 Å². The lowest BCUT2D eigenvalue weighted by Crippen LogP contribution is -2.38. The zero-order valence-corrected chi connectivity index (χ0v) is 11.0. The van der Waals surface area contributed by atoms with Gasteiger partial charge in [0.2, 0.25) is 0 Å². The fourth-order valence-corrected chi connectivity index (χ4v) is 1.12. The van der Waals surface area contributed by atoms with Gasteiger partial charge in [-0.05, 0) is 13.8 Å². The van der Waals surface area contributed by atoms with Crippen LogP contribution in [0.15, 0.2) is 0 Å². The summed E-state index contributed by atoms with van der Waals surface area (Å²) in [6, 6.07) is 0. The van der Waals surface area contributed by atoms with E-state index in [1.807, 2.05) is 6.79 Å². The van der Waals surface area contributed by atoms with Gasteiger partial charge in [-0.15, -0.1) is 0 Å². The van der Waals surface area contributed by atoms with Crippen LogP contribution >= 0.6 is 0 Å². The smallest absolute Gasteiger partial charge is 0.324 e. The number of carbonyl (C=O) groups is 4. The third-order valence-corrected chi connectivity index (χ3v) is 1.93. The van der Waals surface area contributed by atoms with E-state index in [1.165, 1.54) is 6.92 Å². The minimum Gasteiger partial charge on any atom is -0.465 e. The van der Waals surface area contributed by atoms with E-state index in [-0.39, 0.29) is 6.61 Å². The van der Waals surface area contributed by atoms with Gasteiger partial charge >= 0.3 is 5.97 Å². The van der Waals surface area contributed by atoms with Gasteiger partial charge in [0, 0.05) is 5.41 Å². The van der Waals surface area contributed by atoms with Gasteiger partial charge in [-0.25, -0.2) is 0 Å². The van der Waals surface area contributed by atoms with Crippen LogP contribution in [-0.2, 0) is 23.9 Å². The summed E-state index contributed by atoms with van der Waals surface area (Å²) in [6.45, 7) is 10.0. The minimum absolute atomic E-state index is 0.167. The number of carbonyl (C=O) groups excluding carboxylic acids is 4. The lowest BCUT2D eigenvalue weighted by Gasteiger charge is -2.21. The van der Waals surface area contributed by atoms with Crippen molar-refractivity contribution in [2.45, 2.75) is 34.6 Å². The van der Waals surface area contributed by atoms with E-state index in [0.29, 0.717) is 0 Å². The summed E-state index contributed by atoms with van der Waals surface area (Å²) in [5.74, 6) is -2.88. The van der Waals surface area contributed by atoms with Crippen LogP contribution in [0, 0.1) is 11.3 Å². The van der Waals surface area contributed by atoms with Gasteiger partial charge in [0.15, 0.2) is 17.5 Å². The highest BCUT2D eigenvalue weighted by Crippen LogP contribution is 2.21. The van der Waals surface area contributed by atoms with E-state index in [1.54, 1.807) is 27.7 Å². The molecule has 0 amide bonds. The number of ketones is 2. The van der Waals surface area contributed by atoms with Gasteiger partial charge in [-0.3, -0.25) is 14.4 Å². The van der Waals surface area contributed by atoms with E-state index in [4.69, 9.17) is 9.53 Å². The molecule has 0 aliphatic heterocycles. The quantitative estimate of drug-likeness (QED) is 0.548. The molecule has 17 heavy (non-hydrogen) atoms. The zero-order chi connectivity index (χ0) is 14.2. The second-order valence-corrected chi connectivity index (χ2v) is 4.41. The summed E-state index contributed by atoms with van der Waals surface area (Å²) in [5.41, 5.74) is -0.719. The molecule has 0 aliphatic rings. The highest BCUT2D eigenvalue weighted by atomic mass is 16.5. The van der Waals surface area contributed by atoms with Gasteiger partial charge in [-0.2, -0.15) is 0 Å². The van der Waals surface area contributed by atoms with E-state index >= 15 is 0 Å². The normalized spacial score (nSPS) is 11.8. The number of rotatable bonds is 4. The van der Waals surface area contributed by atoms with Gasteiger partial charge < -0.3 is 9.53 Å². The van der Waals surface area contributed by atoms with E-state index < -0.39 is 28.9 Å². The van der Waals surface area contributed by atoms with Crippen molar-refractivity contribution in [1.82, 2.24) is 0 Å². The molecule has 0 bridgehead atoms. The SMILES string of the molecule is C=O.CCOC(=O)C(C(C)=O)C(=O)C(C)(C)C. The van der Waals surface area contributed by atoms with Crippen molar-refractivity contribution in [3.8, 4) is 0 Å². The van der Waals surface area contributed by atoms with Crippen LogP contribution in [0.3, 0.4) is 0 Å². The number of hydrogen-bond acceptors (Lipinski definition) is 5. The monoisotopic (exact) mass is 244 g/mol. The molecular formula is C12H20O5. The predicted molar refractivity (Wildman–Crippen MR) is 62.4 cm³/mol. The first kappa shape index (κ1) is 17.9. The molecular weight excluding hydrogens is 224 g/mol. The first-order valence-corrected chi connectivity index (χ1v) is 5.22. The van der Waals surface area contributed by atoms with Crippen molar-refractivity contribution in [3.05, 3.63) is 0 Å². The number of Topliss-reactive ketones (excluding diaryl/α,β-unsaturated/α-hetero) is 2. The van der Waals surface area contributed by atoms with Crippen molar-refractivity contribution in [3.63, 3.8) is 0 Å². The molecule has 0 N–H and O–H groups in total. The van der Waals surface area contributed by atoms with Crippen LogP contribution in [0.25, 0.3) is 0 Å². The molecule has 98 valence electrons. The number of hydrogen-bond donors (Lipinski definition) is 0. The topological polar surface area (TPSA) is 77.5 Å². The van der Waals surface area contributed by atoms with E-state index in [0.717, 1.165) is 0 Å². The number of esters is 1. The van der Waals surface area contributed by atoms with Gasteiger partial charge in [0.05, 0.1) is 6.61 Å². The van der Waals surface area contributed by atoms with Crippen LogP contribution in [-0.4, -0.2) is 30.9 Å². The fourth-order valence-electron chi connectivity index (χ4n) is 1.12. The highest BCUT2D eigenvalue weighted by molar-refractivity contribution is 6.17. The maximum absolute atomic E-state index is 11.8. The fraction of sp³-hybridized carbons (Fsp3) is 0.667. The third kappa shape index (κ3) is 5.94. The summed E-state index contributed by atoms with van der Waals surface area (Å²) in [6.07, 6.45) is 0. The highest BCUT2D eigenvalue weighted by Gasteiger charge is 2.38. The Balaban J connectivity index is 0. The Morgan fingerprint density at radius 2 is 1.59 bits per heavy atom. The van der Waals surface area contributed by atoms with Crippen LogP contribution in [0.1, 0.15) is 34.6 Å². The summed E-state index contributed by atoms with van der Waals surface area (Å²) >= 11 is 0. The number of ether oxygens (including phenoxy) is 1. The van der Waals surface area contributed by atoms with Crippen LogP contribution in [0.5, 0.6) is 0 Å². The summed E-state index contributed by atoms with van der Waals surface area (Å²) in [7, 11) is 0. The van der Waals surface area contributed by atoms with Crippen molar-refractivity contribution in [2.75, 3.05) is 6.61 Å². The maximum Gasteiger partial charge on any atom is 0.324 e. The average Bonchev–Trinajstić information content (AvgIpc) is 2.19. The molecule has 0 aromatic heterocycles. The Bertz CT molecular complexity index is 288. The van der Waals surface area contributed by atoms with Crippen molar-refractivity contribution in [1.29, 1.82) is 0 Å². The molecule has 0 aromatic carbocycles. The second kappa shape index (κ2) is 7.70. The molecule has 0 saturated carbocycles. The third-order valence-electron chi connectivity index (χ3n) is 1.93. The van der Waals surface area contributed by atoms with E-state index in [2.05, 4.69) is 0 Å². The second-order valence-electron chi connectivity index (χ2n) is 4.41. The van der Waals surface area contributed by atoms with Crippen LogP contribution < -0.4 is 0 Å². The van der Waals surface area contributed by atoms with Gasteiger partial charge in [0.25, 0.3) is 0 Å². The molecule has 0 radical (unpaired) electrons. The lowest BCUT2D eigenvalue weighted by molar-refractivity contribution is -0.156. The largest absolute Gasteiger partial charge is 0.465 e. The van der Waals surface area contributed by atoms with Crippen molar-refractivity contribution in [2.24, 2.45) is 11.3 Å².